The monoisotopic (exact) mass is 258 g/mol. The number of hydrogen-bond acceptors (Lipinski definition) is 2. The van der Waals surface area contributed by atoms with E-state index in [1.165, 1.54) is 0 Å². The average Bonchev–Trinajstić information content (AvgIpc) is 2.71. The third kappa shape index (κ3) is 2.97. The Hall–Kier alpha value is -0.640. The van der Waals surface area contributed by atoms with E-state index >= 15 is 0 Å². The Bertz CT molecular complexity index is 358. The Morgan fingerprint density at radius 3 is 2.71 bits per heavy atom. The summed E-state index contributed by atoms with van der Waals surface area (Å²) in [6.07, 6.45) is 0.651. The molecule has 1 aromatic rings. The van der Waals surface area contributed by atoms with Crippen molar-refractivity contribution >= 4 is 11.6 Å². The van der Waals surface area contributed by atoms with Gasteiger partial charge in [0, 0.05) is 12.0 Å². The van der Waals surface area contributed by atoms with E-state index in [2.05, 4.69) is 0 Å². The van der Waals surface area contributed by atoms with Gasteiger partial charge in [0.05, 0.1) is 12.7 Å². The summed E-state index contributed by atoms with van der Waals surface area (Å²) >= 11 is 5.36. The maximum absolute atomic E-state index is 12.8. The van der Waals surface area contributed by atoms with Gasteiger partial charge in [0.15, 0.2) is 11.4 Å². The first kappa shape index (κ1) is 12.8. The summed E-state index contributed by atoms with van der Waals surface area (Å²) in [5.74, 6) is -0.833. The van der Waals surface area contributed by atoms with E-state index in [-0.39, 0.29) is 12.5 Å². The molecule has 1 fully saturated rings. The summed E-state index contributed by atoms with van der Waals surface area (Å²) in [5.41, 5.74) is -0.444. The van der Waals surface area contributed by atoms with E-state index in [1.807, 2.05) is 37.3 Å². The number of ether oxygens (including phenoxy) is 2. The van der Waals surface area contributed by atoms with Gasteiger partial charge in [-0.2, -0.15) is 0 Å². The lowest BCUT2D eigenvalue weighted by Gasteiger charge is -2.28. The topological polar surface area (TPSA) is 18.5 Å². The predicted molar refractivity (Wildman–Crippen MR) is 64.6 cm³/mol. The van der Waals surface area contributed by atoms with E-state index < -0.39 is 11.4 Å². The van der Waals surface area contributed by atoms with Gasteiger partial charge in [-0.1, -0.05) is 41.9 Å². The summed E-state index contributed by atoms with van der Waals surface area (Å²) in [5, 5.41) is 0. The summed E-state index contributed by atoms with van der Waals surface area (Å²) in [6.45, 7) is 2.46. The zero-order chi connectivity index (χ0) is 12.3. The van der Waals surface area contributed by atoms with Crippen molar-refractivity contribution in [1.82, 2.24) is 0 Å². The molecular formula is C13H16ClFO2. The van der Waals surface area contributed by atoms with Crippen LogP contribution in [0.2, 0.25) is 0 Å². The molecule has 17 heavy (non-hydrogen) atoms. The highest BCUT2D eigenvalue weighted by Crippen LogP contribution is 2.39. The van der Waals surface area contributed by atoms with Crippen molar-refractivity contribution in [2.75, 3.05) is 6.61 Å². The summed E-state index contributed by atoms with van der Waals surface area (Å²) in [4.78, 5) is 0. The molecule has 3 unspecified atom stereocenters. The van der Waals surface area contributed by atoms with Crippen LogP contribution in [0.3, 0.4) is 0 Å². The molecule has 0 aliphatic carbocycles. The van der Waals surface area contributed by atoms with Crippen molar-refractivity contribution in [2.24, 2.45) is 0 Å². The van der Waals surface area contributed by atoms with Crippen LogP contribution in [-0.4, -0.2) is 18.3 Å². The van der Waals surface area contributed by atoms with Crippen LogP contribution >= 0.6 is 11.6 Å². The maximum Gasteiger partial charge on any atom is 0.195 e. The second-order valence-electron chi connectivity index (χ2n) is 4.29. The van der Waals surface area contributed by atoms with Crippen LogP contribution in [0.15, 0.2) is 30.3 Å². The lowest BCUT2D eigenvalue weighted by molar-refractivity contribution is -0.181. The van der Waals surface area contributed by atoms with Gasteiger partial charge in [0.25, 0.3) is 0 Å². The molecule has 1 aliphatic rings. The zero-order valence-electron chi connectivity index (χ0n) is 9.74. The molecule has 1 aromatic carbocycles. The van der Waals surface area contributed by atoms with Crippen molar-refractivity contribution in [3.63, 3.8) is 0 Å². The van der Waals surface area contributed by atoms with Crippen LogP contribution in [0.4, 0.5) is 4.39 Å². The minimum Gasteiger partial charge on any atom is -0.343 e. The molecule has 1 heterocycles. The van der Waals surface area contributed by atoms with Crippen LogP contribution in [0.5, 0.6) is 0 Å². The van der Waals surface area contributed by atoms with Crippen molar-refractivity contribution < 1.29 is 13.9 Å². The molecule has 0 aromatic heterocycles. The molecule has 1 saturated heterocycles. The smallest absolute Gasteiger partial charge is 0.195 e. The van der Waals surface area contributed by atoms with E-state index in [4.69, 9.17) is 21.1 Å². The lowest BCUT2D eigenvalue weighted by Crippen LogP contribution is -2.28. The van der Waals surface area contributed by atoms with E-state index in [9.17, 15) is 4.39 Å². The van der Waals surface area contributed by atoms with Gasteiger partial charge in [-0.25, -0.2) is 4.39 Å². The predicted octanol–water partition coefficient (Wildman–Crippen LogP) is 3.59. The second kappa shape index (κ2) is 5.34. The first-order valence-electron chi connectivity index (χ1n) is 5.78. The molecule has 0 bridgehead atoms. The molecule has 4 heteroatoms. The van der Waals surface area contributed by atoms with Crippen LogP contribution in [-0.2, 0) is 15.3 Å². The zero-order valence-corrected chi connectivity index (χ0v) is 10.5. The van der Waals surface area contributed by atoms with E-state index in [0.717, 1.165) is 5.56 Å². The first-order chi connectivity index (χ1) is 8.12. The quantitative estimate of drug-likeness (QED) is 0.769. The van der Waals surface area contributed by atoms with Gasteiger partial charge < -0.3 is 9.47 Å². The molecular weight excluding hydrogens is 243 g/mol. The summed E-state index contributed by atoms with van der Waals surface area (Å²) < 4.78 is 24.4. The second-order valence-corrected chi connectivity index (χ2v) is 4.76. The SMILES string of the molecule is CC1COC(CCC(F)Cl)(c2ccccc2)O1. The summed E-state index contributed by atoms with van der Waals surface area (Å²) in [7, 11) is 0. The van der Waals surface area contributed by atoms with Gasteiger partial charge in [0.1, 0.15) is 0 Å². The van der Waals surface area contributed by atoms with Gasteiger partial charge >= 0.3 is 0 Å². The standard InChI is InChI=1S/C13H16ClFO2/c1-10-9-16-13(17-10,8-7-12(14)15)11-5-3-2-4-6-11/h2-6,10,12H,7-9H2,1H3. The fraction of sp³-hybridized carbons (Fsp3) is 0.538. The van der Waals surface area contributed by atoms with Crippen molar-refractivity contribution in [2.45, 2.75) is 37.3 Å². The highest BCUT2D eigenvalue weighted by molar-refractivity contribution is 6.19. The fourth-order valence-electron chi connectivity index (χ4n) is 2.06. The third-order valence-corrected chi connectivity index (χ3v) is 3.07. The van der Waals surface area contributed by atoms with E-state index in [0.29, 0.717) is 13.0 Å². The molecule has 2 rings (SSSR count). The Balaban J connectivity index is 2.19. The van der Waals surface area contributed by atoms with Crippen LogP contribution in [0.25, 0.3) is 0 Å². The molecule has 0 radical (unpaired) electrons. The van der Waals surface area contributed by atoms with Gasteiger partial charge in [-0.15, -0.1) is 0 Å². The van der Waals surface area contributed by atoms with Crippen LogP contribution in [0, 0.1) is 0 Å². The lowest BCUT2D eigenvalue weighted by atomic mass is 10.0. The number of hydrogen-bond donors (Lipinski definition) is 0. The van der Waals surface area contributed by atoms with Gasteiger partial charge in [-0.3, -0.25) is 0 Å². The highest BCUT2D eigenvalue weighted by Gasteiger charge is 2.41. The number of halogens is 2. The maximum atomic E-state index is 12.8. The molecule has 0 N–H and O–H groups in total. The normalized spacial score (nSPS) is 30.4. The minimum atomic E-state index is -1.36. The number of rotatable bonds is 4. The van der Waals surface area contributed by atoms with Gasteiger partial charge in [-0.05, 0) is 13.3 Å². The van der Waals surface area contributed by atoms with E-state index in [1.54, 1.807) is 0 Å². The molecule has 0 saturated carbocycles. The fourth-order valence-corrected chi connectivity index (χ4v) is 2.17. The molecule has 1 aliphatic heterocycles. The Morgan fingerprint density at radius 1 is 1.47 bits per heavy atom. The van der Waals surface area contributed by atoms with Crippen molar-refractivity contribution in [1.29, 1.82) is 0 Å². The first-order valence-corrected chi connectivity index (χ1v) is 6.21. The minimum absolute atomic E-state index is 0.0172. The highest BCUT2D eigenvalue weighted by atomic mass is 35.5. The van der Waals surface area contributed by atoms with Crippen LogP contribution in [0.1, 0.15) is 25.3 Å². The Labute approximate surface area is 106 Å². The molecule has 0 spiro atoms. The molecule has 2 nitrogen and oxygen atoms in total. The largest absolute Gasteiger partial charge is 0.343 e. The molecule has 94 valence electrons. The number of benzene rings is 1. The van der Waals surface area contributed by atoms with Crippen molar-refractivity contribution in [3.8, 4) is 0 Å². The molecule has 3 atom stereocenters. The number of alkyl halides is 2. The van der Waals surface area contributed by atoms with Gasteiger partial charge in [0.2, 0.25) is 0 Å². The Kier molecular flexibility index (Phi) is 4.02. The van der Waals surface area contributed by atoms with Crippen molar-refractivity contribution in [3.05, 3.63) is 35.9 Å². The Morgan fingerprint density at radius 2 is 2.18 bits per heavy atom. The molecule has 0 amide bonds. The van der Waals surface area contributed by atoms with Crippen LogP contribution < -0.4 is 0 Å². The average molecular weight is 259 g/mol. The summed E-state index contributed by atoms with van der Waals surface area (Å²) in [6, 6.07) is 9.62. The third-order valence-electron chi connectivity index (χ3n) is 2.85.